The summed E-state index contributed by atoms with van der Waals surface area (Å²) >= 11 is 0. The van der Waals surface area contributed by atoms with E-state index in [2.05, 4.69) is 0 Å². The molecule has 2 aromatic rings. The van der Waals surface area contributed by atoms with Crippen molar-refractivity contribution in [2.45, 2.75) is 13.3 Å². The van der Waals surface area contributed by atoms with Crippen LogP contribution in [0.3, 0.4) is 0 Å². The van der Waals surface area contributed by atoms with E-state index in [1.807, 2.05) is 6.92 Å². The van der Waals surface area contributed by atoms with Gasteiger partial charge in [-0.05, 0) is 19.1 Å². The number of halogens is 1. The number of Topliss-reactive ketones (excluding diaryl/α,β-unsaturated/α-hetero) is 1. The second-order valence-corrected chi connectivity index (χ2v) is 3.98. The van der Waals surface area contributed by atoms with Crippen molar-refractivity contribution in [3.63, 3.8) is 0 Å². The minimum absolute atomic E-state index is 0.303. The van der Waals surface area contributed by atoms with Crippen molar-refractivity contribution in [1.29, 1.82) is 0 Å². The quantitative estimate of drug-likeness (QED) is 0.769. The number of hydrogen-bond acceptors (Lipinski definition) is 2. The molecule has 0 aromatic heterocycles. The number of alkyl halides is 1. The van der Waals surface area contributed by atoms with E-state index in [-0.39, 0.29) is 0 Å². The van der Waals surface area contributed by atoms with Gasteiger partial charge in [-0.1, -0.05) is 48.0 Å². The molecule has 0 aliphatic carbocycles. The van der Waals surface area contributed by atoms with Crippen LogP contribution in [0.25, 0.3) is 0 Å². The minimum Gasteiger partial charge on any atom is -0.453 e. The van der Waals surface area contributed by atoms with E-state index in [1.165, 1.54) is 0 Å². The number of rotatable bonds is 4. The van der Waals surface area contributed by atoms with Crippen LogP contribution in [0.2, 0.25) is 0 Å². The fraction of sp³-hybridized carbons (Fsp3) is 0.133. The molecule has 0 bridgehead atoms. The molecule has 0 spiro atoms. The highest BCUT2D eigenvalue weighted by Crippen LogP contribution is 2.16. The zero-order valence-electron chi connectivity index (χ0n) is 9.97. The van der Waals surface area contributed by atoms with Crippen LogP contribution in [-0.2, 0) is 0 Å². The number of ketones is 1. The highest BCUT2D eigenvalue weighted by Gasteiger charge is 2.20. The summed E-state index contributed by atoms with van der Waals surface area (Å²) < 4.78 is 18.7. The molecule has 18 heavy (non-hydrogen) atoms. The highest BCUT2D eigenvalue weighted by molar-refractivity contribution is 5.98. The Balaban J connectivity index is 2.06. The Morgan fingerprint density at radius 2 is 1.67 bits per heavy atom. The van der Waals surface area contributed by atoms with Crippen molar-refractivity contribution in [1.82, 2.24) is 0 Å². The summed E-state index contributed by atoms with van der Waals surface area (Å²) in [7, 11) is 0. The van der Waals surface area contributed by atoms with Gasteiger partial charge in [0.2, 0.25) is 5.78 Å². The Labute approximate surface area is 105 Å². The summed E-state index contributed by atoms with van der Waals surface area (Å²) in [6, 6.07) is 15.1. The van der Waals surface area contributed by atoms with Gasteiger partial charge in [-0.15, -0.1) is 0 Å². The molecule has 0 radical (unpaired) electrons. The van der Waals surface area contributed by atoms with Gasteiger partial charge < -0.3 is 4.74 Å². The maximum absolute atomic E-state index is 13.7. The van der Waals surface area contributed by atoms with Gasteiger partial charge in [-0.3, -0.25) is 4.79 Å². The Hall–Kier alpha value is -2.16. The average molecular weight is 244 g/mol. The molecule has 0 fully saturated rings. The van der Waals surface area contributed by atoms with E-state index >= 15 is 0 Å². The van der Waals surface area contributed by atoms with Crippen LogP contribution in [0.5, 0.6) is 5.75 Å². The number of ether oxygens (including phenoxy) is 1. The first-order valence-electron chi connectivity index (χ1n) is 5.63. The third-order valence-corrected chi connectivity index (χ3v) is 2.52. The molecule has 1 atom stereocenters. The number of carbonyl (C=O) groups is 1. The monoisotopic (exact) mass is 244 g/mol. The predicted octanol–water partition coefficient (Wildman–Crippen LogP) is 3.55. The highest BCUT2D eigenvalue weighted by atomic mass is 19.1. The van der Waals surface area contributed by atoms with E-state index in [9.17, 15) is 9.18 Å². The van der Waals surface area contributed by atoms with Crippen LogP contribution < -0.4 is 4.74 Å². The zero-order valence-corrected chi connectivity index (χ0v) is 9.97. The normalized spacial score (nSPS) is 11.9. The first-order valence-corrected chi connectivity index (χ1v) is 5.63. The Bertz CT molecular complexity index is 520. The molecule has 0 saturated carbocycles. The molecular weight excluding hydrogens is 231 g/mol. The molecule has 2 rings (SSSR count). The molecule has 0 aliphatic rings. The first-order chi connectivity index (χ1) is 8.66. The number of benzene rings is 2. The number of carbonyl (C=O) groups excluding carboxylic acids is 1. The molecule has 2 nitrogen and oxygen atoms in total. The molecule has 0 saturated heterocycles. The number of hydrogen-bond donors (Lipinski definition) is 0. The summed E-state index contributed by atoms with van der Waals surface area (Å²) in [4.78, 5) is 11.7. The van der Waals surface area contributed by atoms with E-state index in [4.69, 9.17) is 4.74 Å². The summed E-state index contributed by atoms with van der Waals surface area (Å²) in [5.41, 5.74) is 1.35. The molecule has 0 aliphatic heterocycles. The predicted molar refractivity (Wildman–Crippen MR) is 67.5 cm³/mol. The smallest absolute Gasteiger partial charge is 0.301 e. The van der Waals surface area contributed by atoms with Gasteiger partial charge in [0, 0.05) is 5.56 Å². The molecule has 1 unspecified atom stereocenters. The standard InChI is InChI=1S/C15H13FO2/c1-11-7-9-13(10-8-11)18-15(16)14(17)12-5-3-2-4-6-12/h2-10,15H,1H3. The molecule has 0 amide bonds. The Morgan fingerprint density at radius 1 is 1.06 bits per heavy atom. The van der Waals surface area contributed by atoms with E-state index < -0.39 is 12.1 Å². The van der Waals surface area contributed by atoms with Crippen LogP contribution in [-0.4, -0.2) is 12.1 Å². The van der Waals surface area contributed by atoms with Crippen LogP contribution in [0.1, 0.15) is 15.9 Å². The van der Waals surface area contributed by atoms with Gasteiger partial charge in [0.1, 0.15) is 5.75 Å². The molecule has 2 aromatic carbocycles. The van der Waals surface area contributed by atoms with Gasteiger partial charge in [0.05, 0.1) is 0 Å². The van der Waals surface area contributed by atoms with E-state index in [0.29, 0.717) is 11.3 Å². The first kappa shape index (κ1) is 12.3. The molecular formula is C15H13FO2. The van der Waals surface area contributed by atoms with Gasteiger partial charge in [-0.25, -0.2) is 0 Å². The number of aryl methyl sites for hydroxylation is 1. The lowest BCUT2D eigenvalue weighted by atomic mass is 10.1. The van der Waals surface area contributed by atoms with Crippen LogP contribution in [0, 0.1) is 6.92 Å². The summed E-state index contributed by atoms with van der Waals surface area (Å²) in [5.74, 6) is -0.325. The molecule has 0 heterocycles. The summed E-state index contributed by atoms with van der Waals surface area (Å²) in [6.45, 7) is 1.92. The Morgan fingerprint density at radius 3 is 2.28 bits per heavy atom. The van der Waals surface area contributed by atoms with Crippen LogP contribution in [0.4, 0.5) is 4.39 Å². The lowest BCUT2D eigenvalue weighted by Gasteiger charge is -2.10. The average Bonchev–Trinajstić information content (AvgIpc) is 2.41. The fourth-order valence-electron chi connectivity index (χ4n) is 1.52. The molecule has 3 heteroatoms. The van der Waals surface area contributed by atoms with Crippen molar-refractivity contribution in [2.24, 2.45) is 0 Å². The van der Waals surface area contributed by atoms with Gasteiger partial charge in [-0.2, -0.15) is 4.39 Å². The van der Waals surface area contributed by atoms with Crippen LogP contribution >= 0.6 is 0 Å². The van der Waals surface area contributed by atoms with Crippen molar-refractivity contribution >= 4 is 5.78 Å². The maximum atomic E-state index is 13.7. The third kappa shape index (κ3) is 2.94. The van der Waals surface area contributed by atoms with Crippen molar-refractivity contribution in [3.05, 3.63) is 65.7 Å². The molecule has 0 N–H and O–H groups in total. The van der Waals surface area contributed by atoms with Gasteiger partial charge in [0.25, 0.3) is 0 Å². The van der Waals surface area contributed by atoms with E-state index in [1.54, 1.807) is 54.6 Å². The van der Waals surface area contributed by atoms with Gasteiger partial charge >= 0.3 is 6.36 Å². The second kappa shape index (κ2) is 5.45. The van der Waals surface area contributed by atoms with Crippen molar-refractivity contribution in [2.75, 3.05) is 0 Å². The SMILES string of the molecule is Cc1ccc(OC(F)C(=O)c2ccccc2)cc1. The van der Waals surface area contributed by atoms with Crippen LogP contribution in [0.15, 0.2) is 54.6 Å². The maximum Gasteiger partial charge on any atom is 0.301 e. The summed E-state index contributed by atoms with van der Waals surface area (Å²) in [6.07, 6.45) is -1.98. The van der Waals surface area contributed by atoms with Gasteiger partial charge in [0.15, 0.2) is 0 Å². The lowest BCUT2D eigenvalue weighted by Crippen LogP contribution is -2.22. The second-order valence-electron chi connectivity index (χ2n) is 3.98. The van der Waals surface area contributed by atoms with E-state index in [0.717, 1.165) is 5.56 Å². The third-order valence-electron chi connectivity index (χ3n) is 2.52. The fourth-order valence-corrected chi connectivity index (χ4v) is 1.52. The minimum atomic E-state index is -1.98. The van der Waals surface area contributed by atoms with Crippen molar-refractivity contribution < 1.29 is 13.9 Å². The Kier molecular flexibility index (Phi) is 3.72. The summed E-state index contributed by atoms with van der Waals surface area (Å²) in [5, 5.41) is 0. The lowest BCUT2D eigenvalue weighted by molar-refractivity contribution is 0.0451. The molecule has 92 valence electrons. The largest absolute Gasteiger partial charge is 0.453 e. The topological polar surface area (TPSA) is 26.3 Å². The van der Waals surface area contributed by atoms with Crippen molar-refractivity contribution in [3.8, 4) is 5.75 Å². The zero-order chi connectivity index (χ0) is 13.0.